The maximum Gasteiger partial charge on any atom is 0.191 e. The molecule has 1 aromatic carbocycles. The van der Waals surface area contributed by atoms with Crippen molar-refractivity contribution in [3.8, 4) is 0 Å². The number of rotatable bonds is 6. The van der Waals surface area contributed by atoms with Crippen molar-refractivity contribution in [2.75, 3.05) is 18.1 Å². The fourth-order valence-corrected chi connectivity index (χ4v) is 5.13. The zero-order valence-electron chi connectivity index (χ0n) is 16.8. The van der Waals surface area contributed by atoms with Gasteiger partial charge in [-0.1, -0.05) is 30.3 Å². The largest absolute Gasteiger partial charge is 0.357 e. The molecule has 0 radical (unpaired) electrons. The lowest BCUT2D eigenvalue weighted by molar-refractivity contribution is 0.599. The van der Waals surface area contributed by atoms with Crippen LogP contribution in [0.2, 0.25) is 0 Å². The molecule has 0 amide bonds. The lowest BCUT2D eigenvalue weighted by Gasteiger charge is -2.15. The predicted octanol–water partition coefficient (Wildman–Crippen LogP) is 1.79. The third-order valence-corrected chi connectivity index (χ3v) is 6.79. The van der Waals surface area contributed by atoms with Crippen LogP contribution in [0.3, 0.4) is 0 Å². The van der Waals surface area contributed by atoms with Gasteiger partial charge in [-0.25, -0.2) is 13.4 Å². The van der Waals surface area contributed by atoms with Gasteiger partial charge in [0.05, 0.1) is 30.3 Å². The summed E-state index contributed by atoms with van der Waals surface area (Å²) in [6, 6.07) is 10.2. The molecular weight excluding hydrogens is 374 g/mol. The van der Waals surface area contributed by atoms with Crippen molar-refractivity contribution in [3.63, 3.8) is 0 Å². The summed E-state index contributed by atoms with van der Waals surface area (Å²) in [6.07, 6.45) is 0.625. The zero-order chi connectivity index (χ0) is 20.1. The van der Waals surface area contributed by atoms with Gasteiger partial charge in [-0.2, -0.15) is 5.10 Å². The first kappa shape index (κ1) is 20.4. The van der Waals surface area contributed by atoms with Gasteiger partial charge in [0.2, 0.25) is 0 Å². The first-order chi connectivity index (χ1) is 13.4. The van der Waals surface area contributed by atoms with Crippen LogP contribution in [-0.4, -0.2) is 48.3 Å². The number of hydrogen-bond acceptors (Lipinski definition) is 4. The van der Waals surface area contributed by atoms with Gasteiger partial charge < -0.3 is 10.6 Å². The Bertz CT molecular complexity index is 935. The van der Waals surface area contributed by atoms with Gasteiger partial charge in [0, 0.05) is 23.8 Å². The van der Waals surface area contributed by atoms with Gasteiger partial charge in [0.15, 0.2) is 15.8 Å². The van der Waals surface area contributed by atoms with Gasteiger partial charge >= 0.3 is 0 Å². The molecule has 0 aliphatic carbocycles. The van der Waals surface area contributed by atoms with Crippen LogP contribution >= 0.6 is 0 Å². The maximum atomic E-state index is 11.7. The topological polar surface area (TPSA) is 88.4 Å². The van der Waals surface area contributed by atoms with Crippen LogP contribution in [0.5, 0.6) is 0 Å². The Morgan fingerprint density at radius 2 is 2.04 bits per heavy atom. The number of aromatic nitrogens is 2. The molecule has 7 nitrogen and oxygen atoms in total. The zero-order valence-corrected chi connectivity index (χ0v) is 17.6. The highest BCUT2D eigenvalue weighted by Crippen LogP contribution is 2.16. The van der Waals surface area contributed by atoms with Crippen LogP contribution in [0, 0.1) is 13.8 Å². The highest BCUT2D eigenvalue weighted by molar-refractivity contribution is 7.91. The molecule has 1 unspecified atom stereocenters. The number of guanidine groups is 1. The lowest BCUT2D eigenvalue weighted by Crippen LogP contribution is -2.44. The first-order valence-corrected chi connectivity index (χ1v) is 11.5. The number of nitrogens with one attached hydrogen (secondary N) is 2. The average Bonchev–Trinajstić information content (AvgIpc) is 3.12. The Hall–Kier alpha value is -2.35. The van der Waals surface area contributed by atoms with E-state index in [2.05, 4.69) is 39.8 Å². The van der Waals surface area contributed by atoms with Crippen LogP contribution < -0.4 is 10.6 Å². The molecule has 8 heteroatoms. The van der Waals surface area contributed by atoms with Gasteiger partial charge in [0.25, 0.3) is 0 Å². The van der Waals surface area contributed by atoms with Gasteiger partial charge in [-0.15, -0.1) is 0 Å². The summed E-state index contributed by atoms with van der Waals surface area (Å²) in [5.74, 6) is 1.07. The predicted molar refractivity (Wildman–Crippen MR) is 112 cm³/mol. The highest BCUT2D eigenvalue weighted by atomic mass is 32.2. The molecule has 2 heterocycles. The van der Waals surface area contributed by atoms with Crippen LogP contribution in [0.25, 0.3) is 0 Å². The molecule has 1 fully saturated rings. The first-order valence-electron chi connectivity index (χ1n) is 9.70. The minimum Gasteiger partial charge on any atom is -0.357 e. The summed E-state index contributed by atoms with van der Waals surface area (Å²) >= 11 is 0. The van der Waals surface area contributed by atoms with Crippen LogP contribution in [-0.2, 0) is 22.9 Å². The van der Waals surface area contributed by atoms with E-state index in [1.165, 1.54) is 5.56 Å². The van der Waals surface area contributed by atoms with E-state index in [4.69, 9.17) is 0 Å². The second kappa shape index (κ2) is 8.77. The highest BCUT2D eigenvalue weighted by Gasteiger charge is 2.28. The smallest absolute Gasteiger partial charge is 0.191 e. The number of hydrogen-bond donors (Lipinski definition) is 2. The molecule has 28 heavy (non-hydrogen) atoms. The van der Waals surface area contributed by atoms with Crippen LogP contribution in [0.1, 0.15) is 35.9 Å². The third-order valence-electron chi connectivity index (χ3n) is 5.02. The Balaban J connectivity index is 1.72. The molecule has 3 rings (SSSR count). The second-order valence-corrected chi connectivity index (χ2v) is 9.46. The van der Waals surface area contributed by atoms with Crippen LogP contribution in [0.15, 0.2) is 35.3 Å². The van der Waals surface area contributed by atoms with Crippen molar-refractivity contribution < 1.29 is 8.42 Å². The van der Waals surface area contributed by atoms with E-state index >= 15 is 0 Å². The van der Waals surface area contributed by atoms with Crippen molar-refractivity contribution >= 4 is 15.8 Å². The van der Waals surface area contributed by atoms with Crippen molar-refractivity contribution in [2.45, 2.75) is 46.3 Å². The SMILES string of the molecule is CCNC(=NCc1c(C)nn(Cc2ccccc2)c1C)NC1CCS(=O)(=O)C1. The fraction of sp³-hybridized carbons (Fsp3) is 0.500. The Morgan fingerprint density at radius 1 is 1.29 bits per heavy atom. The third kappa shape index (κ3) is 5.13. The molecule has 1 aromatic heterocycles. The van der Waals surface area contributed by atoms with Crippen molar-refractivity contribution in [1.29, 1.82) is 0 Å². The van der Waals surface area contributed by atoms with Gasteiger partial charge in [-0.3, -0.25) is 4.68 Å². The van der Waals surface area contributed by atoms with E-state index in [0.717, 1.165) is 30.0 Å². The summed E-state index contributed by atoms with van der Waals surface area (Å²) in [5, 5.41) is 11.1. The molecule has 1 atom stereocenters. The minimum atomic E-state index is -2.92. The number of aryl methyl sites for hydroxylation is 1. The molecular formula is C20H29N5O2S. The quantitative estimate of drug-likeness (QED) is 0.567. The minimum absolute atomic E-state index is 0.0780. The number of aliphatic imine (C=N–C) groups is 1. The summed E-state index contributed by atoms with van der Waals surface area (Å²) in [4.78, 5) is 4.68. The molecule has 2 N–H and O–H groups in total. The van der Waals surface area contributed by atoms with E-state index < -0.39 is 9.84 Å². The normalized spacial score (nSPS) is 19.0. The fourth-order valence-electron chi connectivity index (χ4n) is 3.45. The molecule has 0 saturated carbocycles. The number of sulfone groups is 1. The number of benzene rings is 1. The molecule has 1 saturated heterocycles. The van der Waals surface area contributed by atoms with E-state index in [0.29, 0.717) is 18.9 Å². The maximum absolute atomic E-state index is 11.7. The summed E-state index contributed by atoms with van der Waals surface area (Å²) in [5.41, 5.74) is 4.38. The second-order valence-electron chi connectivity index (χ2n) is 7.23. The van der Waals surface area contributed by atoms with Gasteiger partial charge in [-0.05, 0) is 32.8 Å². The molecule has 2 aromatic rings. The Kier molecular flexibility index (Phi) is 6.39. The van der Waals surface area contributed by atoms with E-state index in [-0.39, 0.29) is 17.5 Å². The Labute approximate surface area is 167 Å². The Morgan fingerprint density at radius 3 is 2.68 bits per heavy atom. The van der Waals surface area contributed by atoms with E-state index in [1.807, 2.05) is 36.7 Å². The molecule has 1 aliphatic rings. The molecule has 0 spiro atoms. The van der Waals surface area contributed by atoms with Gasteiger partial charge in [0.1, 0.15) is 0 Å². The monoisotopic (exact) mass is 403 g/mol. The van der Waals surface area contributed by atoms with Crippen molar-refractivity contribution in [1.82, 2.24) is 20.4 Å². The summed E-state index contributed by atoms with van der Waals surface area (Å²) in [7, 11) is -2.92. The summed E-state index contributed by atoms with van der Waals surface area (Å²) in [6.45, 7) is 8.02. The molecule has 1 aliphatic heterocycles. The summed E-state index contributed by atoms with van der Waals surface area (Å²) < 4.78 is 25.4. The molecule has 152 valence electrons. The lowest BCUT2D eigenvalue weighted by atomic mass is 10.2. The van der Waals surface area contributed by atoms with Crippen molar-refractivity contribution in [2.24, 2.45) is 4.99 Å². The van der Waals surface area contributed by atoms with Crippen molar-refractivity contribution in [3.05, 3.63) is 52.8 Å². The average molecular weight is 404 g/mol. The number of nitrogens with zero attached hydrogens (tertiary/aromatic N) is 3. The van der Waals surface area contributed by atoms with E-state index in [9.17, 15) is 8.42 Å². The van der Waals surface area contributed by atoms with Crippen LogP contribution in [0.4, 0.5) is 0 Å². The standard InChI is InChI=1S/C20H29N5O2S/c1-4-21-20(23-18-10-11-28(26,27)14-18)22-12-19-15(2)24-25(16(19)3)13-17-8-6-5-7-9-17/h5-9,18H,4,10-14H2,1-3H3,(H2,21,22,23). The van der Waals surface area contributed by atoms with E-state index in [1.54, 1.807) is 0 Å². The molecule has 0 bridgehead atoms.